The van der Waals surface area contributed by atoms with Crippen molar-refractivity contribution in [1.29, 1.82) is 5.26 Å². The van der Waals surface area contributed by atoms with E-state index in [9.17, 15) is 5.26 Å². The van der Waals surface area contributed by atoms with Crippen molar-refractivity contribution in [2.45, 2.75) is 13.8 Å². The zero-order chi connectivity index (χ0) is 19.0. The standard InChI is InChI=1S/C18H20N8/c1-10-16(11(2)26(5)24-10)15-6-13(14(7-19)17(20)23-15)12-8-21-18(22-9-12)25(3)4/h6,8-9H,1-5H3,(H2,20,23). The maximum absolute atomic E-state index is 9.54. The Hall–Kier alpha value is -3.47. The van der Waals surface area contributed by atoms with Crippen LogP contribution in [0.2, 0.25) is 0 Å². The number of nitriles is 1. The van der Waals surface area contributed by atoms with E-state index in [4.69, 9.17) is 5.73 Å². The van der Waals surface area contributed by atoms with Gasteiger partial charge in [-0.05, 0) is 19.9 Å². The van der Waals surface area contributed by atoms with E-state index in [1.165, 1.54) is 0 Å². The molecular weight excluding hydrogens is 328 g/mol. The number of hydrogen-bond acceptors (Lipinski definition) is 7. The topological polar surface area (TPSA) is 110 Å². The summed E-state index contributed by atoms with van der Waals surface area (Å²) >= 11 is 0. The maximum atomic E-state index is 9.54. The summed E-state index contributed by atoms with van der Waals surface area (Å²) in [6.45, 7) is 3.90. The van der Waals surface area contributed by atoms with E-state index in [2.05, 4.69) is 26.1 Å². The van der Waals surface area contributed by atoms with E-state index in [0.717, 1.165) is 17.0 Å². The minimum absolute atomic E-state index is 0.180. The van der Waals surface area contributed by atoms with E-state index in [-0.39, 0.29) is 5.82 Å². The molecule has 3 heterocycles. The lowest BCUT2D eigenvalue weighted by Gasteiger charge is -2.12. The molecule has 0 aliphatic carbocycles. The lowest BCUT2D eigenvalue weighted by molar-refractivity contribution is 0.731. The van der Waals surface area contributed by atoms with Gasteiger partial charge in [0, 0.05) is 55.9 Å². The molecule has 3 aromatic rings. The number of aromatic nitrogens is 5. The van der Waals surface area contributed by atoms with E-state index in [0.29, 0.717) is 28.3 Å². The number of rotatable bonds is 3. The van der Waals surface area contributed by atoms with Gasteiger partial charge in [0.05, 0.1) is 11.4 Å². The van der Waals surface area contributed by atoms with Crippen molar-refractivity contribution in [2.24, 2.45) is 7.05 Å². The van der Waals surface area contributed by atoms with Gasteiger partial charge in [-0.1, -0.05) is 0 Å². The molecular formula is C18H20N8. The normalized spacial score (nSPS) is 10.6. The fourth-order valence-corrected chi connectivity index (χ4v) is 2.87. The molecule has 0 fully saturated rings. The second-order valence-electron chi connectivity index (χ2n) is 6.26. The first kappa shape index (κ1) is 17.4. The van der Waals surface area contributed by atoms with E-state index < -0.39 is 0 Å². The average molecular weight is 348 g/mol. The third kappa shape index (κ3) is 2.84. The predicted molar refractivity (Wildman–Crippen MR) is 100 cm³/mol. The largest absolute Gasteiger partial charge is 0.383 e. The molecule has 0 aliphatic rings. The second-order valence-corrected chi connectivity index (χ2v) is 6.26. The fraction of sp³-hybridized carbons (Fsp3) is 0.278. The number of pyridine rings is 1. The van der Waals surface area contributed by atoms with Gasteiger partial charge < -0.3 is 10.6 Å². The maximum Gasteiger partial charge on any atom is 0.224 e. The summed E-state index contributed by atoms with van der Waals surface area (Å²) in [5.41, 5.74) is 11.2. The monoisotopic (exact) mass is 348 g/mol. The molecule has 3 rings (SSSR count). The zero-order valence-electron chi connectivity index (χ0n) is 15.4. The van der Waals surface area contributed by atoms with Crippen molar-refractivity contribution in [2.75, 3.05) is 24.7 Å². The van der Waals surface area contributed by atoms with Crippen LogP contribution >= 0.6 is 0 Å². The third-order valence-corrected chi connectivity index (χ3v) is 4.27. The van der Waals surface area contributed by atoms with Gasteiger partial charge in [-0.15, -0.1) is 0 Å². The Morgan fingerprint density at radius 1 is 1.19 bits per heavy atom. The van der Waals surface area contributed by atoms with Crippen molar-refractivity contribution in [1.82, 2.24) is 24.7 Å². The molecule has 0 spiro atoms. The number of nitrogen functional groups attached to an aromatic ring is 1. The van der Waals surface area contributed by atoms with Crippen LogP contribution in [-0.2, 0) is 7.05 Å². The number of hydrogen-bond donors (Lipinski definition) is 1. The Labute approximate surface area is 151 Å². The summed E-state index contributed by atoms with van der Waals surface area (Å²) in [6, 6.07) is 3.99. The summed E-state index contributed by atoms with van der Waals surface area (Å²) in [6.07, 6.45) is 3.37. The second kappa shape index (κ2) is 6.44. The van der Waals surface area contributed by atoms with Gasteiger partial charge in [-0.25, -0.2) is 15.0 Å². The summed E-state index contributed by atoms with van der Waals surface area (Å²) in [7, 11) is 5.62. The van der Waals surface area contributed by atoms with Crippen LogP contribution < -0.4 is 10.6 Å². The Balaban J connectivity index is 2.22. The van der Waals surface area contributed by atoms with Gasteiger partial charge in [0.15, 0.2) is 0 Å². The Morgan fingerprint density at radius 3 is 2.35 bits per heavy atom. The minimum Gasteiger partial charge on any atom is -0.383 e. The summed E-state index contributed by atoms with van der Waals surface area (Å²) < 4.78 is 1.80. The molecule has 0 radical (unpaired) electrons. The van der Waals surface area contributed by atoms with Gasteiger partial charge in [0.25, 0.3) is 0 Å². The van der Waals surface area contributed by atoms with Gasteiger partial charge >= 0.3 is 0 Å². The van der Waals surface area contributed by atoms with E-state index in [1.807, 2.05) is 46.0 Å². The van der Waals surface area contributed by atoms with Crippen LogP contribution in [0, 0.1) is 25.2 Å². The number of nitrogens with two attached hydrogens (primary N) is 1. The van der Waals surface area contributed by atoms with Crippen molar-refractivity contribution in [3.8, 4) is 28.5 Å². The molecule has 8 nitrogen and oxygen atoms in total. The number of nitrogens with zero attached hydrogens (tertiary/aromatic N) is 7. The van der Waals surface area contributed by atoms with Crippen LogP contribution in [0.5, 0.6) is 0 Å². The van der Waals surface area contributed by atoms with Gasteiger partial charge in [0.2, 0.25) is 5.95 Å². The average Bonchev–Trinajstić information content (AvgIpc) is 2.86. The molecule has 0 saturated heterocycles. The molecule has 132 valence electrons. The van der Waals surface area contributed by atoms with Gasteiger partial charge in [-0.2, -0.15) is 10.4 Å². The van der Waals surface area contributed by atoms with Crippen molar-refractivity contribution in [3.63, 3.8) is 0 Å². The number of anilines is 2. The van der Waals surface area contributed by atoms with E-state index in [1.54, 1.807) is 17.1 Å². The molecule has 0 atom stereocenters. The molecule has 0 saturated carbocycles. The van der Waals surface area contributed by atoms with Crippen LogP contribution in [0.1, 0.15) is 17.0 Å². The highest BCUT2D eigenvalue weighted by Crippen LogP contribution is 2.33. The first-order valence-electron chi connectivity index (χ1n) is 8.04. The Bertz CT molecular complexity index is 1010. The van der Waals surface area contributed by atoms with Crippen molar-refractivity contribution in [3.05, 3.63) is 35.4 Å². The van der Waals surface area contributed by atoms with Crippen LogP contribution in [0.3, 0.4) is 0 Å². The molecule has 8 heteroatoms. The third-order valence-electron chi connectivity index (χ3n) is 4.27. The lowest BCUT2D eigenvalue weighted by Crippen LogP contribution is -2.12. The highest BCUT2D eigenvalue weighted by Gasteiger charge is 2.18. The van der Waals surface area contributed by atoms with Gasteiger partial charge in [0.1, 0.15) is 17.5 Å². The van der Waals surface area contributed by atoms with E-state index >= 15 is 0 Å². The molecule has 0 unspecified atom stereocenters. The minimum atomic E-state index is 0.180. The molecule has 0 amide bonds. The quantitative estimate of drug-likeness (QED) is 0.771. The summed E-state index contributed by atoms with van der Waals surface area (Å²) in [5.74, 6) is 0.771. The first-order chi connectivity index (χ1) is 12.3. The summed E-state index contributed by atoms with van der Waals surface area (Å²) in [4.78, 5) is 14.9. The number of aryl methyl sites for hydroxylation is 2. The predicted octanol–water partition coefficient (Wildman–Crippen LogP) is 2.08. The highest BCUT2D eigenvalue weighted by molar-refractivity contribution is 5.80. The molecule has 3 aromatic heterocycles. The van der Waals surface area contributed by atoms with Crippen LogP contribution in [0.25, 0.3) is 22.4 Å². The Morgan fingerprint density at radius 2 is 1.85 bits per heavy atom. The smallest absolute Gasteiger partial charge is 0.224 e. The molecule has 26 heavy (non-hydrogen) atoms. The van der Waals surface area contributed by atoms with Crippen LogP contribution in [-0.4, -0.2) is 38.8 Å². The molecule has 0 aromatic carbocycles. The molecule has 2 N–H and O–H groups in total. The lowest BCUT2D eigenvalue weighted by atomic mass is 10.00. The molecule has 0 aliphatic heterocycles. The Kier molecular flexibility index (Phi) is 4.30. The molecule has 0 bridgehead atoms. The SMILES string of the molecule is Cc1nn(C)c(C)c1-c1cc(-c2cnc(N(C)C)nc2)c(C#N)c(N)n1. The first-order valence-corrected chi connectivity index (χ1v) is 8.04. The highest BCUT2D eigenvalue weighted by atomic mass is 15.3. The van der Waals surface area contributed by atoms with Crippen LogP contribution in [0.4, 0.5) is 11.8 Å². The zero-order valence-corrected chi connectivity index (χ0v) is 15.4. The van der Waals surface area contributed by atoms with Gasteiger partial charge in [-0.3, -0.25) is 4.68 Å². The summed E-state index contributed by atoms with van der Waals surface area (Å²) in [5, 5.41) is 14.0. The fourth-order valence-electron chi connectivity index (χ4n) is 2.87. The van der Waals surface area contributed by atoms with Crippen LogP contribution in [0.15, 0.2) is 18.5 Å². The van der Waals surface area contributed by atoms with Crippen molar-refractivity contribution < 1.29 is 0 Å². The van der Waals surface area contributed by atoms with Crippen molar-refractivity contribution >= 4 is 11.8 Å².